The van der Waals surface area contributed by atoms with E-state index in [4.69, 9.17) is 9.84 Å². The van der Waals surface area contributed by atoms with Gasteiger partial charge in [0.15, 0.2) is 0 Å². The van der Waals surface area contributed by atoms with Crippen LogP contribution in [0.25, 0.3) is 0 Å². The fourth-order valence-electron chi connectivity index (χ4n) is 1.74. The second kappa shape index (κ2) is 4.85. The number of rotatable bonds is 2. The zero-order valence-corrected chi connectivity index (χ0v) is 10.6. The summed E-state index contributed by atoms with van der Waals surface area (Å²) in [6, 6.07) is 1.62. The molecule has 0 amide bonds. The number of hydrogen-bond acceptors (Lipinski definition) is 5. The molecule has 8 heteroatoms. The van der Waals surface area contributed by atoms with Crippen molar-refractivity contribution in [2.75, 3.05) is 6.61 Å². The van der Waals surface area contributed by atoms with Crippen LogP contribution in [0, 0.1) is 4.19 Å². The Labute approximate surface area is 104 Å². The molecule has 0 bridgehead atoms. The van der Waals surface area contributed by atoms with E-state index in [0.717, 1.165) is 4.57 Å². The summed E-state index contributed by atoms with van der Waals surface area (Å²) in [5.74, 6) is 0. The Hall–Kier alpha value is -0.761. The van der Waals surface area contributed by atoms with Crippen LogP contribution in [0.2, 0.25) is 0 Å². The average Bonchev–Trinajstić information content (AvgIpc) is 2.57. The fourth-order valence-corrected chi connectivity index (χ4v) is 2.09. The molecule has 17 heavy (non-hydrogen) atoms. The number of aliphatic hydroxyl groups excluding tert-OH is 3. The number of nitrogens with one attached hydrogen (secondary N) is 1. The second-order valence-electron chi connectivity index (χ2n) is 3.77. The normalized spacial score (nSPS) is 32.9. The number of nitrogens with zero attached hydrogens (tertiary/aromatic N) is 1. The third kappa shape index (κ3) is 2.28. The topological polar surface area (TPSA) is 108 Å². The van der Waals surface area contributed by atoms with Gasteiger partial charge in [-0.05, 0) is 0 Å². The molecule has 0 spiro atoms. The predicted molar refractivity (Wildman–Crippen MR) is 58.5 cm³/mol. The van der Waals surface area contributed by atoms with Crippen LogP contribution in [0.5, 0.6) is 0 Å². The van der Waals surface area contributed by atoms with Gasteiger partial charge in [-0.25, -0.2) is 0 Å². The van der Waals surface area contributed by atoms with Crippen LogP contribution in [0.4, 0.5) is 0 Å². The van der Waals surface area contributed by atoms with Gasteiger partial charge in [-0.1, -0.05) is 0 Å². The van der Waals surface area contributed by atoms with Crippen molar-refractivity contribution in [2.24, 2.45) is 0 Å². The Morgan fingerprint density at radius 2 is 2.18 bits per heavy atom. The molecule has 0 saturated carbocycles. The number of H-pyrrole nitrogens is 1. The minimum atomic E-state index is -1.25. The molecule has 1 aliphatic heterocycles. The van der Waals surface area contributed by atoms with Gasteiger partial charge in [-0.2, -0.15) is 0 Å². The van der Waals surface area contributed by atoms with Crippen molar-refractivity contribution in [1.29, 1.82) is 0 Å². The quantitative estimate of drug-likeness (QED) is 0.442. The molecular weight excluding hydrogens is 295 g/mol. The molecule has 7 nitrogen and oxygen atoms in total. The molecule has 2 heterocycles. The third-order valence-corrected chi connectivity index (χ3v) is 3.20. The van der Waals surface area contributed by atoms with Crippen LogP contribution in [0.3, 0.4) is 0 Å². The molecule has 1 saturated heterocycles. The maximum absolute atomic E-state index is 11.6. The number of aromatic nitrogens is 2. The summed E-state index contributed by atoms with van der Waals surface area (Å²) in [6.07, 6.45) is -2.91. The van der Waals surface area contributed by atoms with E-state index in [0.29, 0.717) is 4.19 Å². The van der Waals surface area contributed by atoms with E-state index >= 15 is 0 Å². The Bertz CT molecular complexity index is 513. The van der Waals surface area contributed by atoms with E-state index in [2.05, 4.69) is 20.6 Å². The minimum absolute atomic E-state index is 0.421. The summed E-state index contributed by atoms with van der Waals surface area (Å²) in [5.41, 5.74) is -0.460. The Balaban J connectivity index is 2.35. The molecule has 1 radical (unpaired) electrons. The van der Waals surface area contributed by atoms with Gasteiger partial charge < -0.3 is 0 Å². The number of ether oxygens (including phenoxy) is 1. The van der Waals surface area contributed by atoms with Crippen LogP contribution in [0.1, 0.15) is 6.23 Å². The van der Waals surface area contributed by atoms with E-state index in [-0.39, 0.29) is 0 Å². The van der Waals surface area contributed by atoms with Gasteiger partial charge in [0.25, 0.3) is 0 Å². The molecule has 4 atom stereocenters. The molecule has 1 aromatic rings. The molecule has 0 aromatic carbocycles. The Kier molecular flexibility index (Phi) is 3.62. The van der Waals surface area contributed by atoms with Crippen LogP contribution in [-0.2, 0) is 4.74 Å². The molecule has 2 rings (SSSR count). The van der Waals surface area contributed by atoms with Crippen LogP contribution < -0.4 is 5.69 Å². The van der Waals surface area contributed by atoms with Gasteiger partial charge in [0.1, 0.15) is 0 Å². The van der Waals surface area contributed by atoms with Crippen LogP contribution >= 0.6 is 0 Å². The first-order valence-corrected chi connectivity index (χ1v) is 5.94. The third-order valence-electron chi connectivity index (χ3n) is 2.65. The first-order chi connectivity index (χ1) is 8.04. The molecule has 4 N–H and O–H groups in total. The molecule has 1 aromatic heterocycles. The van der Waals surface area contributed by atoms with Crippen LogP contribution in [-0.4, -0.2) is 65.4 Å². The van der Waals surface area contributed by atoms with Gasteiger partial charge in [0.05, 0.1) is 0 Å². The molecule has 1 aliphatic rings. The van der Waals surface area contributed by atoms with Crippen molar-refractivity contribution in [3.8, 4) is 0 Å². The van der Waals surface area contributed by atoms with Gasteiger partial charge in [0, 0.05) is 0 Å². The summed E-state index contributed by atoms with van der Waals surface area (Å²) < 4.78 is 6.99. The number of aliphatic hydroxyl groups is 3. The fraction of sp³-hybridized carbons (Fsp3) is 0.556. The van der Waals surface area contributed by atoms with Gasteiger partial charge in [-0.3, -0.25) is 0 Å². The first kappa shape index (κ1) is 12.7. The van der Waals surface area contributed by atoms with Crippen molar-refractivity contribution in [2.45, 2.75) is 24.5 Å². The van der Waals surface area contributed by atoms with Gasteiger partial charge >= 0.3 is 103 Å². The summed E-state index contributed by atoms with van der Waals surface area (Å²) in [6.45, 7) is -0.421. The van der Waals surface area contributed by atoms with Crippen molar-refractivity contribution in [3.63, 3.8) is 0 Å². The van der Waals surface area contributed by atoms with E-state index in [9.17, 15) is 15.0 Å². The average molecular weight is 308 g/mol. The molecule has 1 fully saturated rings. The molecule has 0 aliphatic carbocycles. The van der Waals surface area contributed by atoms with Crippen molar-refractivity contribution in [1.82, 2.24) is 9.55 Å². The number of hydrogen-bond donors (Lipinski definition) is 4. The van der Waals surface area contributed by atoms with Gasteiger partial charge in [0.2, 0.25) is 0 Å². The SMILES string of the molecule is O=c1[nH]c(=[SeH])ccn1C1OC(CO)C(O)C1O. The van der Waals surface area contributed by atoms with Gasteiger partial charge in [-0.15, -0.1) is 0 Å². The van der Waals surface area contributed by atoms with Crippen LogP contribution in [0.15, 0.2) is 17.1 Å². The monoisotopic (exact) mass is 309 g/mol. The zero-order chi connectivity index (χ0) is 12.6. The summed E-state index contributed by atoms with van der Waals surface area (Å²) in [7, 11) is 0. The van der Waals surface area contributed by atoms with E-state index < -0.39 is 36.8 Å². The molecule has 95 valence electrons. The Morgan fingerprint density at radius 3 is 2.71 bits per heavy atom. The standard InChI is InChI=1S/C9H13N2O5Se/c12-3-4-6(13)7(14)8(16-4)11-2-1-5(17)10-9(11)15/h1-2,4,6-8,12-14,17H,3H2,(H,10,15). The Morgan fingerprint density at radius 1 is 1.47 bits per heavy atom. The first-order valence-electron chi connectivity index (χ1n) is 5.00. The number of aromatic amines is 1. The predicted octanol–water partition coefficient (Wildman–Crippen LogP) is -2.78. The van der Waals surface area contributed by atoms with Crippen molar-refractivity contribution < 1.29 is 20.1 Å². The van der Waals surface area contributed by atoms with Crippen molar-refractivity contribution in [3.05, 3.63) is 26.9 Å². The second-order valence-corrected chi connectivity index (χ2v) is 4.78. The molecular formula is C9H13N2O5Se. The summed E-state index contributed by atoms with van der Waals surface area (Å²) >= 11 is 2.18. The maximum atomic E-state index is 11.6. The zero-order valence-electron chi connectivity index (χ0n) is 8.72. The molecule has 4 unspecified atom stereocenters. The van der Waals surface area contributed by atoms with E-state index in [1.54, 1.807) is 6.07 Å². The summed E-state index contributed by atoms with van der Waals surface area (Å²) in [5, 5.41) is 28.3. The van der Waals surface area contributed by atoms with E-state index in [1.807, 2.05) is 0 Å². The summed E-state index contributed by atoms with van der Waals surface area (Å²) in [4.78, 5) is 14.2. The van der Waals surface area contributed by atoms with E-state index in [1.165, 1.54) is 6.20 Å². The van der Waals surface area contributed by atoms with Crippen molar-refractivity contribution >= 4 is 15.6 Å².